The van der Waals surface area contributed by atoms with E-state index in [-0.39, 0.29) is 0 Å². The zero-order valence-electron chi connectivity index (χ0n) is 9.17. The van der Waals surface area contributed by atoms with Crippen LogP contribution in [0.25, 0.3) is 0 Å². The minimum absolute atomic E-state index is 0.351. The Morgan fingerprint density at radius 1 is 1.46 bits per heavy atom. The van der Waals surface area contributed by atoms with Crippen LogP contribution in [0.1, 0.15) is 20.8 Å². The molecule has 0 radical (unpaired) electrons. The van der Waals surface area contributed by atoms with Crippen LogP contribution in [0.15, 0.2) is 4.99 Å². The number of rotatable bonds is 5. The van der Waals surface area contributed by atoms with E-state index < -0.39 is 0 Å². The Hall–Kier alpha value is -0.770. The van der Waals surface area contributed by atoms with Crippen LogP contribution in [0.4, 0.5) is 0 Å². The summed E-state index contributed by atoms with van der Waals surface area (Å²) in [5.74, 6) is 0.514. The Morgan fingerprint density at radius 3 is 2.38 bits per heavy atom. The summed E-state index contributed by atoms with van der Waals surface area (Å²) in [4.78, 5) is 6.20. The summed E-state index contributed by atoms with van der Waals surface area (Å²) >= 11 is 0. The van der Waals surface area contributed by atoms with Gasteiger partial charge >= 0.3 is 0 Å². The first kappa shape index (κ1) is 12.2. The van der Waals surface area contributed by atoms with E-state index in [1.807, 2.05) is 0 Å². The van der Waals surface area contributed by atoms with Crippen molar-refractivity contribution >= 4 is 5.96 Å². The molecule has 4 nitrogen and oxygen atoms in total. The number of likely N-dealkylation sites (N-methyl/N-ethyl adjacent to an activating group) is 1. The monoisotopic (exact) mass is 186 g/mol. The summed E-state index contributed by atoms with van der Waals surface area (Å²) in [6.07, 6.45) is 0. The summed E-state index contributed by atoms with van der Waals surface area (Å²) in [5.41, 5.74) is 5.55. The molecule has 0 fully saturated rings. The maximum atomic E-state index is 5.55. The smallest absolute Gasteiger partial charge is 0.188 e. The zero-order chi connectivity index (χ0) is 10.3. The largest absolute Gasteiger partial charge is 0.370 e. The molecular weight excluding hydrogens is 164 g/mol. The number of guanidine groups is 1. The molecule has 0 heterocycles. The van der Waals surface area contributed by atoms with Gasteiger partial charge in [0, 0.05) is 19.6 Å². The van der Waals surface area contributed by atoms with Gasteiger partial charge in [-0.1, -0.05) is 13.8 Å². The molecule has 0 saturated heterocycles. The molecule has 78 valence electrons. The molecule has 3 N–H and O–H groups in total. The number of hydrogen-bond donors (Lipinski definition) is 2. The molecule has 0 aromatic heterocycles. The summed E-state index contributed by atoms with van der Waals surface area (Å²) < 4.78 is 0. The first-order valence-electron chi connectivity index (χ1n) is 4.85. The molecule has 4 heteroatoms. The molecule has 1 unspecified atom stereocenters. The lowest BCUT2D eigenvalue weighted by atomic mass is 10.3. The van der Waals surface area contributed by atoms with Gasteiger partial charge in [0.2, 0.25) is 0 Å². The number of nitrogens with two attached hydrogens (primary N) is 1. The SMILES string of the molecule is CCN(CC)CC(C)NC(N)=NC. The molecule has 0 aromatic carbocycles. The van der Waals surface area contributed by atoms with Gasteiger partial charge in [-0.15, -0.1) is 0 Å². The minimum Gasteiger partial charge on any atom is -0.370 e. The van der Waals surface area contributed by atoms with Crippen molar-refractivity contribution in [1.82, 2.24) is 10.2 Å². The second-order valence-corrected chi connectivity index (χ2v) is 3.14. The third-order valence-electron chi connectivity index (χ3n) is 2.06. The third-order valence-corrected chi connectivity index (χ3v) is 2.06. The lowest BCUT2D eigenvalue weighted by Crippen LogP contribution is -2.44. The van der Waals surface area contributed by atoms with Gasteiger partial charge in [-0.05, 0) is 20.0 Å². The van der Waals surface area contributed by atoms with Crippen molar-refractivity contribution in [2.45, 2.75) is 26.8 Å². The van der Waals surface area contributed by atoms with Crippen LogP contribution < -0.4 is 11.1 Å². The first-order chi connectivity index (χ1) is 6.13. The Balaban J connectivity index is 3.78. The van der Waals surface area contributed by atoms with Crippen LogP contribution in [0, 0.1) is 0 Å². The highest BCUT2D eigenvalue weighted by Gasteiger charge is 2.06. The highest BCUT2D eigenvalue weighted by molar-refractivity contribution is 5.77. The van der Waals surface area contributed by atoms with Crippen molar-refractivity contribution in [2.75, 3.05) is 26.7 Å². The average molecular weight is 186 g/mol. The Morgan fingerprint density at radius 2 is 2.00 bits per heavy atom. The third kappa shape index (κ3) is 5.47. The summed E-state index contributed by atoms with van der Waals surface area (Å²) in [5, 5.41) is 3.11. The molecule has 0 spiro atoms. The van der Waals surface area contributed by atoms with Crippen molar-refractivity contribution in [2.24, 2.45) is 10.7 Å². The van der Waals surface area contributed by atoms with Gasteiger partial charge in [-0.3, -0.25) is 4.99 Å². The summed E-state index contributed by atoms with van der Waals surface area (Å²) in [6.45, 7) is 9.58. The molecule has 0 aliphatic heterocycles. The fraction of sp³-hybridized carbons (Fsp3) is 0.889. The molecular formula is C9H22N4. The van der Waals surface area contributed by atoms with Gasteiger partial charge in [0.05, 0.1) is 0 Å². The van der Waals surface area contributed by atoms with Crippen LogP contribution in [-0.2, 0) is 0 Å². The lowest BCUT2D eigenvalue weighted by molar-refractivity contribution is 0.281. The van der Waals surface area contributed by atoms with Crippen molar-refractivity contribution in [3.8, 4) is 0 Å². The molecule has 1 atom stereocenters. The van der Waals surface area contributed by atoms with Gasteiger partial charge in [0.1, 0.15) is 0 Å². The van der Waals surface area contributed by atoms with Crippen LogP contribution >= 0.6 is 0 Å². The fourth-order valence-corrected chi connectivity index (χ4v) is 1.23. The van der Waals surface area contributed by atoms with Crippen LogP contribution in [0.3, 0.4) is 0 Å². The Labute approximate surface area is 81.2 Å². The molecule has 0 aliphatic carbocycles. The number of aliphatic imine (C=N–C) groups is 1. The molecule has 0 bridgehead atoms. The van der Waals surface area contributed by atoms with Crippen LogP contribution in [0.5, 0.6) is 0 Å². The normalized spacial score (nSPS) is 14.7. The maximum Gasteiger partial charge on any atom is 0.188 e. The van der Waals surface area contributed by atoms with Crippen LogP contribution in [-0.4, -0.2) is 43.6 Å². The zero-order valence-corrected chi connectivity index (χ0v) is 9.17. The van der Waals surface area contributed by atoms with Crippen molar-refractivity contribution in [1.29, 1.82) is 0 Å². The first-order valence-corrected chi connectivity index (χ1v) is 4.85. The second-order valence-electron chi connectivity index (χ2n) is 3.14. The van der Waals surface area contributed by atoms with E-state index >= 15 is 0 Å². The molecule has 0 aromatic rings. The molecule has 0 saturated carbocycles. The van der Waals surface area contributed by atoms with Gasteiger partial charge in [0.25, 0.3) is 0 Å². The van der Waals surface area contributed by atoms with E-state index in [9.17, 15) is 0 Å². The minimum atomic E-state index is 0.351. The van der Waals surface area contributed by atoms with E-state index in [2.05, 4.69) is 36.0 Å². The fourth-order valence-electron chi connectivity index (χ4n) is 1.23. The predicted molar refractivity (Wildman–Crippen MR) is 57.9 cm³/mol. The maximum absolute atomic E-state index is 5.55. The Bertz CT molecular complexity index is 152. The van der Waals surface area contributed by atoms with Crippen LogP contribution in [0.2, 0.25) is 0 Å². The predicted octanol–water partition coefficient (Wildman–Crippen LogP) is 0.251. The van der Waals surface area contributed by atoms with Crippen molar-refractivity contribution < 1.29 is 0 Å². The van der Waals surface area contributed by atoms with E-state index in [4.69, 9.17) is 5.73 Å². The second kappa shape index (κ2) is 6.71. The molecule has 0 rings (SSSR count). The van der Waals surface area contributed by atoms with Gasteiger partial charge < -0.3 is 16.0 Å². The van der Waals surface area contributed by atoms with Gasteiger partial charge in [-0.2, -0.15) is 0 Å². The van der Waals surface area contributed by atoms with E-state index in [1.165, 1.54) is 0 Å². The topological polar surface area (TPSA) is 53.6 Å². The number of nitrogens with zero attached hydrogens (tertiary/aromatic N) is 2. The number of hydrogen-bond acceptors (Lipinski definition) is 2. The highest BCUT2D eigenvalue weighted by Crippen LogP contribution is 1.90. The summed E-state index contributed by atoms with van der Waals surface area (Å²) in [6, 6.07) is 0.351. The molecule has 0 amide bonds. The van der Waals surface area contributed by atoms with Crippen molar-refractivity contribution in [3.63, 3.8) is 0 Å². The number of nitrogens with one attached hydrogen (secondary N) is 1. The molecule has 13 heavy (non-hydrogen) atoms. The van der Waals surface area contributed by atoms with E-state index in [0.29, 0.717) is 12.0 Å². The van der Waals surface area contributed by atoms with E-state index in [0.717, 1.165) is 19.6 Å². The quantitative estimate of drug-likeness (QED) is 0.478. The molecule has 0 aliphatic rings. The van der Waals surface area contributed by atoms with Crippen molar-refractivity contribution in [3.05, 3.63) is 0 Å². The lowest BCUT2D eigenvalue weighted by Gasteiger charge is -2.23. The average Bonchev–Trinajstić information content (AvgIpc) is 2.13. The van der Waals surface area contributed by atoms with E-state index in [1.54, 1.807) is 7.05 Å². The highest BCUT2D eigenvalue weighted by atomic mass is 15.2. The van der Waals surface area contributed by atoms with Gasteiger partial charge in [-0.25, -0.2) is 0 Å². The summed E-state index contributed by atoms with van der Waals surface area (Å²) in [7, 11) is 1.69. The van der Waals surface area contributed by atoms with Gasteiger partial charge in [0.15, 0.2) is 5.96 Å². The Kier molecular flexibility index (Phi) is 6.32. The standard InChI is InChI=1S/C9H22N4/c1-5-13(6-2)7-8(3)12-9(10)11-4/h8H,5-7H2,1-4H3,(H3,10,11,12).